The van der Waals surface area contributed by atoms with Gasteiger partial charge in [-0.25, -0.2) is 9.78 Å². The van der Waals surface area contributed by atoms with E-state index < -0.39 is 11.5 Å². The molecule has 20 heavy (non-hydrogen) atoms. The van der Waals surface area contributed by atoms with Crippen LogP contribution < -0.4 is 5.56 Å². The molecule has 2 heterocycles. The SMILES string of the molecule is CC/C=C/COC(=O)c1cnc2c(C)cccn2c1=O. The van der Waals surface area contributed by atoms with Gasteiger partial charge in [0, 0.05) is 12.4 Å². The van der Waals surface area contributed by atoms with Crippen molar-refractivity contribution in [1.82, 2.24) is 9.38 Å². The molecule has 0 aliphatic carbocycles. The normalized spacial score (nSPS) is 11.1. The number of pyridine rings is 1. The van der Waals surface area contributed by atoms with Gasteiger partial charge in [-0.05, 0) is 25.0 Å². The van der Waals surface area contributed by atoms with Crippen molar-refractivity contribution in [3.8, 4) is 0 Å². The quantitative estimate of drug-likeness (QED) is 0.632. The molecule has 0 aromatic carbocycles. The van der Waals surface area contributed by atoms with Gasteiger partial charge in [-0.1, -0.05) is 25.1 Å². The lowest BCUT2D eigenvalue weighted by Gasteiger charge is -2.05. The van der Waals surface area contributed by atoms with Gasteiger partial charge in [-0.3, -0.25) is 9.20 Å². The lowest BCUT2D eigenvalue weighted by molar-refractivity contribution is 0.0546. The first-order valence-corrected chi connectivity index (χ1v) is 6.44. The van der Waals surface area contributed by atoms with Crippen molar-refractivity contribution < 1.29 is 9.53 Å². The van der Waals surface area contributed by atoms with E-state index in [0.29, 0.717) is 5.65 Å². The Morgan fingerprint density at radius 3 is 3.00 bits per heavy atom. The summed E-state index contributed by atoms with van der Waals surface area (Å²) in [6.45, 7) is 4.00. The topological polar surface area (TPSA) is 60.7 Å². The molecule has 0 aliphatic heterocycles. The first kappa shape index (κ1) is 14.0. The summed E-state index contributed by atoms with van der Waals surface area (Å²) in [7, 11) is 0. The number of rotatable bonds is 4. The lowest BCUT2D eigenvalue weighted by atomic mass is 10.2. The van der Waals surface area contributed by atoms with Crippen LogP contribution in [0, 0.1) is 6.92 Å². The van der Waals surface area contributed by atoms with E-state index in [1.54, 1.807) is 18.3 Å². The average Bonchev–Trinajstić information content (AvgIpc) is 2.45. The Kier molecular flexibility index (Phi) is 4.30. The van der Waals surface area contributed by atoms with Crippen LogP contribution in [0.25, 0.3) is 5.65 Å². The maximum Gasteiger partial charge on any atom is 0.345 e. The highest BCUT2D eigenvalue weighted by atomic mass is 16.5. The number of allylic oxidation sites excluding steroid dienone is 1. The van der Waals surface area contributed by atoms with Gasteiger partial charge in [-0.2, -0.15) is 0 Å². The molecule has 104 valence electrons. The number of carbonyl (C=O) groups is 1. The molecule has 2 rings (SSSR count). The number of fused-ring (bicyclic) bond motifs is 1. The van der Waals surface area contributed by atoms with E-state index >= 15 is 0 Å². The number of nitrogens with zero attached hydrogens (tertiary/aromatic N) is 2. The van der Waals surface area contributed by atoms with E-state index in [9.17, 15) is 9.59 Å². The second-order valence-electron chi connectivity index (χ2n) is 4.34. The molecule has 0 aliphatic rings. The highest BCUT2D eigenvalue weighted by Gasteiger charge is 2.14. The molecular formula is C15H16N2O3. The molecule has 0 amide bonds. The van der Waals surface area contributed by atoms with Crippen LogP contribution in [-0.4, -0.2) is 22.0 Å². The van der Waals surface area contributed by atoms with E-state index in [2.05, 4.69) is 4.98 Å². The van der Waals surface area contributed by atoms with Crippen LogP contribution >= 0.6 is 0 Å². The Morgan fingerprint density at radius 1 is 1.45 bits per heavy atom. The molecule has 0 N–H and O–H groups in total. The number of esters is 1. The number of aromatic nitrogens is 2. The lowest BCUT2D eigenvalue weighted by Crippen LogP contribution is -2.24. The summed E-state index contributed by atoms with van der Waals surface area (Å²) < 4.78 is 6.37. The van der Waals surface area contributed by atoms with Crippen LogP contribution in [0.3, 0.4) is 0 Å². The van der Waals surface area contributed by atoms with E-state index in [1.165, 1.54) is 10.6 Å². The van der Waals surface area contributed by atoms with Gasteiger partial charge in [-0.15, -0.1) is 0 Å². The van der Waals surface area contributed by atoms with Crippen LogP contribution in [0.1, 0.15) is 29.3 Å². The molecule has 0 saturated heterocycles. The van der Waals surface area contributed by atoms with E-state index in [1.807, 2.05) is 26.0 Å². The van der Waals surface area contributed by atoms with Crippen molar-refractivity contribution >= 4 is 11.6 Å². The molecule has 0 fully saturated rings. The van der Waals surface area contributed by atoms with Crippen molar-refractivity contribution in [3.05, 3.63) is 58.2 Å². The minimum Gasteiger partial charge on any atom is -0.458 e. The fourth-order valence-electron chi connectivity index (χ4n) is 1.82. The molecule has 5 heteroatoms. The maximum absolute atomic E-state index is 12.2. The smallest absolute Gasteiger partial charge is 0.345 e. The number of aryl methyl sites for hydroxylation is 1. The molecule has 0 saturated carbocycles. The zero-order valence-corrected chi connectivity index (χ0v) is 11.5. The summed E-state index contributed by atoms with van der Waals surface area (Å²) in [6.07, 6.45) is 7.37. The van der Waals surface area contributed by atoms with Gasteiger partial charge in [0.15, 0.2) is 0 Å². The van der Waals surface area contributed by atoms with Crippen LogP contribution in [0.4, 0.5) is 0 Å². The first-order valence-electron chi connectivity index (χ1n) is 6.44. The minimum absolute atomic E-state index is 0.0574. The number of carbonyl (C=O) groups excluding carboxylic acids is 1. The van der Waals surface area contributed by atoms with Gasteiger partial charge in [0.1, 0.15) is 17.8 Å². The predicted molar refractivity (Wildman–Crippen MR) is 75.9 cm³/mol. The fourth-order valence-corrected chi connectivity index (χ4v) is 1.82. The summed E-state index contributed by atoms with van der Waals surface area (Å²) in [5, 5.41) is 0. The molecule has 0 atom stereocenters. The van der Waals surface area contributed by atoms with E-state index in [-0.39, 0.29) is 12.2 Å². The molecule has 0 bridgehead atoms. The summed E-state index contributed by atoms with van der Waals surface area (Å²) in [4.78, 5) is 28.2. The predicted octanol–water partition coefficient (Wildman–Crippen LogP) is 2.13. The van der Waals surface area contributed by atoms with Crippen molar-refractivity contribution in [2.75, 3.05) is 6.61 Å². The average molecular weight is 272 g/mol. The fraction of sp³-hybridized carbons (Fsp3) is 0.267. The zero-order chi connectivity index (χ0) is 14.5. The summed E-state index contributed by atoms with van der Waals surface area (Å²) >= 11 is 0. The standard InChI is InChI=1S/C15H16N2O3/c1-3-4-5-9-20-15(19)12-10-16-13-11(2)7-6-8-17(13)14(12)18/h4-8,10H,3,9H2,1-2H3/b5-4+. The molecule has 5 nitrogen and oxygen atoms in total. The summed E-state index contributed by atoms with van der Waals surface area (Å²) in [5.41, 5.74) is 0.941. The van der Waals surface area contributed by atoms with Crippen molar-refractivity contribution in [1.29, 1.82) is 0 Å². The maximum atomic E-state index is 12.2. The van der Waals surface area contributed by atoms with E-state index in [0.717, 1.165) is 12.0 Å². The van der Waals surface area contributed by atoms with E-state index in [4.69, 9.17) is 4.74 Å². The Hall–Kier alpha value is -2.43. The van der Waals surface area contributed by atoms with Crippen LogP contribution in [0.5, 0.6) is 0 Å². The Morgan fingerprint density at radius 2 is 2.25 bits per heavy atom. The van der Waals surface area contributed by atoms with Crippen LogP contribution in [-0.2, 0) is 4.74 Å². The van der Waals surface area contributed by atoms with Crippen LogP contribution in [0.15, 0.2) is 41.5 Å². The monoisotopic (exact) mass is 272 g/mol. The number of hydrogen-bond donors (Lipinski definition) is 0. The second kappa shape index (κ2) is 6.14. The molecule has 2 aromatic rings. The van der Waals surface area contributed by atoms with Gasteiger partial charge in [0.25, 0.3) is 5.56 Å². The zero-order valence-electron chi connectivity index (χ0n) is 11.5. The molecule has 0 spiro atoms. The molecule has 0 radical (unpaired) electrons. The molecule has 0 unspecified atom stereocenters. The molecular weight excluding hydrogens is 256 g/mol. The highest BCUT2D eigenvalue weighted by molar-refractivity contribution is 5.88. The Balaban J connectivity index is 2.32. The second-order valence-corrected chi connectivity index (χ2v) is 4.34. The van der Waals surface area contributed by atoms with Gasteiger partial charge < -0.3 is 4.74 Å². The third-order valence-corrected chi connectivity index (χ3v) is 2.86. The Labute approximate surface area is 116 Å². The number of hydrogen-bond acceptors (Lipinski definition) is 4. The number of ether oxygens (including phenoxy) is 1. The summed E-state index contributed by atoms with van der Waals surface area (Å²) in [6, 6.07) is 3.60. The van der Waals surface area contributed by atoms with Crippen molar-refractivity contribution in [2.45, 2.75) is 20.3 Å². The summed E-state index contributed by atoms with van der Waals surface area (Å²) in [5.74, 6) is -0.654. The molecule has 2 aromatic heterocycles. The van der Waals surface area contributed by atoms with Crippen LogP contribution in [0.2, 0.25) is 0 Å². The van der Waals surface area contributed by atoms with Crippen molar-refractivity contribution in [3.63, 3.8) is 0 Å². The third-order valence-electron chi connectivity index (χ3n) is 2.86. The first-order chi connectivity index (χ1) is 9.65. The minimum atomic E-state index is -0.654. The largest absolute Gasteiger partial charge is 0.458 e. The van der Waals surface area contributed by atoms with Crippen molar-refractivity contribution in [2.24, 2.45) is 0 Å². The van der Waals surface area contributed by atoms with Gasteiger partial charge in [0.05, 0.1) is 0 Å². The van der Waals surface area contributed by atoms with Gasteiger partial charge >= 0.3 is 5.97 Å². The highest BCUT2D eigenvalue weighted by Crippen LogP contribution is 2.05. The van der Waals surface area contributed by atoms with Gasteiger partial charge in [0.2, 0.25) is 0 Å². The Bertz CT molecular complexity index is 717. The third kappa shape index (κ3) is 2.77.